The minimum Gasteiger partial charge on any atom is -0.0926 e. The molecule has 0 saturated carbocycles. The van der Waals surface area contributed by atoms with E-state index in [1.165, 1.54) is 4.48 Å². The molecule has 0 nitrogen and oxygen atoms in total. The molecule has 1 aliphatic rings. The van der Waals surface area contributed by atoms with E-state index in [0.717, 1.165) is 0 Å². The normalized spacial score (nSPS) is 18.1. The highest BCUT2D eigenvalue weighted by atomic mass is 127. The first-order valence-electron chi connectivity index (χ1n) is 1.87. The third-order valence-electron chi connectivity index (χ3n) is 0.568. The van der Waals surface area contributed by atoms with Crippen LogP contribution in [-0.4, -0.2) is 4.01 Å². The Morgan fingerprint density at radius 2 is 2.43 bits per heavy atom. The molecule has 0 fully saturated rings. The average Bonchev–Trinajstić information content (AvgIpc) is 1.69. The van der Waals surface area contributed by atoms with Gasteiger partial charge in [-0.15, -0.1) is 0 Å². The van der Waals surface area contributed by atoms with Gasteiger partial charge in [0.2, 0.25) is 0 Å². The van der Waals surface area contributed by atoms with Crippen LogP contribution in [-0.2, 0) is 0 Å². The highest BCUT2D eigenvalue weighted by Gasteiger charge is 1.81. The first kappa shape index (κ1) is 5.69. The Balaban J connectivity index is 2.82. The summed E-state index contributed by atoms with van der Waals surface area (Å²) in [7, 11) is 0. The Hall–Kier alpha value is 0.560. The van der Waals surface area contributed by atoms with E-state index < -0.39 is 0 Å². The number of hydrogen-bond donors (Lipinski definition) is 0. The fourth-order valence-electron chi connectivity index (χ4n) is 0.303. The average molecular weight is 271 g/mol. The molecule has 0 bridgehead atoms. The van der Waals surface area contributed by atoms with Crippen molar-refractivity contribution < 1.29 is 0 Å². The zero-order chi connectivity index (χ0) is 5.11. The number of allylic oxidation sites excluding steroid dienone is 3. The van der Waals surface area contributed by atoms with Crippen LogP contribution in [0.5, 0.6) is 0 Å². The smallest absolute Gasteiger partial charge is 0.0232 e. The van der Waals surface area contributed by atoms with Gasteiger partial charge in [0.1, 0.15) is 0 Å². The molecule has 1 rings (SSSR count). The van der Waals surface area contributed by atoms with Gasteiger partial charge in [0, 0.05) is 4.48 Å². The summed E-state index contributed by atoms with van der Waals surface area (Å²) in [6.45, 7) is 0. The van der Waals surface area contributed by atoms with Gasteiger partial charge in [0.05, 0.1) is 0 Å². The van der Waals surface area contributed by atoms with Crippen LogP contribution >= 0.6 is 36.7 Å². The van der Waals surface area contributed by atoms with E-state index in [9.17, 15) is 0 Å². The number of rotatable bonds is 0. The van der Waals surface area contributed by atoms with Crippen LogP contribution in [0.15, 0.2) is 20.7 Å². The lowest BCUT2D eigenvalue weighted by Crippen LogP contribution is -1.63. The number of hydrogen-bond acceptors (Lipinski definition) is 0. The molecule has 0 radical (unpaired) electrons. The lowest BCUT2D eigenvalue weighted by atomic mass is 10.5. The molecule has 0 aliphatic carbocycles. The standard InChI is InChI=1S/C5H4BrI/c6-5-2-1-3-7-4-5/h1-4H. The summed E-state index contributed by atoms with van der Waals surface area (Å²) in [5, 5.41) is 0. The van der Waals surface area contributed by atoms with Crippen molar-refractivity contribution in [2.75, 3.05) is 0 Å². The second-order valence-electron chi connectivity index (χ2n) is 1.11. The van der Waals surface area contributed by atoms with Crippen LogP contribution in [0.25, 0.3) is 0 Å². The van der Waals surface area contributed by atoms with Crippen molar-refractivity contribution in [1.82, 2.24) is 0 Å². The Kier molecular flexibility index (Phi) is 2.25. The lowest BCUT2D eigenvalue weighted by molar-refractivity contribution is 2.04. The first-order chi connectivity index (χ1) is 3.39. The van der Waals surface area contributed by atoms with E-state index >= 15 is 0 Å². The maximum atomic E-state index is 3.37. The molecule has 0 aromatic heterocycles. The molecule has 38 valence electrons. The topological polar surface area (TPSA) is 0 Å². The fourth-order valence-corrected chi connectivity index (χ4v) is 2.33. The fraction of sp³-hybridized carbons (Fsp3) is 0. The van der Waals surface area contributed by atoms with Crippen molar-refractivity contribution in [3.8, 4) is 0 Å². The second kappa shape index (κ2) is 2.77. The van der Waals surface area contributed by atoms with E-state index in [0.29, 0.717) is 0 Å². The van der Waals surface area contributed by atoms with Gasteiger partial charge in [-0.3, -0.25) is 0 Å². The van der Waals surface area contributed by atoms with Crippen LogP contribution in [0.3, 0.4) is 0 Å². The second-order valence-corrected chi connectivity index (χ2v) is 4.08. The molecule has 0 atom stereocenters. The maximum Gasteiger partial charge on any atom is 0.0232 e. The molecule has 0 N–H and O–H groups in total. The van der Waals surface area contributed by atoms with Crippen molar-refractivity contribution in [3.63, 3.8) is 0 Å². The minimum atomic E-state index is 0.254. The molecule has 0 saturated heterocycles. The zero-order valence-electron chi connectivity index (χ0n) is 3.57. The molecule has 1 aliphatic heterocycles. The van der Waals surface area contributed by atoms with Crippen molar-refractivity contribution in [3.05, 3.63) is 20.7 Å². The predicted molar refractivity (Wildman–Crippen MR) is 46.2 cm³/mol. The highest BCUT2D eigenvalue weighted by Crippen LogP contribution is 2.15. The quantitative estimate of drug-likeness (QED) is 0.594. The maximum absolute atomic E-state index is 3.37. The molecule has 2 heteroatoms. The summed E-state index contributed by atoms with van der Waals surface area (Å²) in [6, 6.07) is 0. The summed E-state index contributed by atoms with van der Waals surface area (Å²) < 4.78 is 5.70. The summed E-state index contributed by atoms with van der Waals surface area (Å²) in [4.78, 5) is 0. The van der Waals surface area contributed by atoms with E-state index in [1.54, 1.807) is 0 Å². The molecule has 0 aromatic carbocycles. The molecule has 0 spiro atoms. The van der Waals surface area contributed by atoms with Gasteiger partial charge >= 0.3 is 0 Å². The third kappa shape index (κ3) is 1.86. The predicted octanol–water partition coefficient (Wildman–Crippen LogP) is 2.57. The van der Waals surface area contributed by atoms with E-state index in [-0.39, 0.29) is 20.7 Å². The van der Waals surface area contributed by atoms with Crippen LogP contribution in [0.4, 0.5) is 0 Å². The zero-order valence-corrected chi connectivity index (χ0v) is 7.31. The van der Waals surface area contributed by atoms with Crippen molar-refractivity contribution >= 4 is 40.7 Å². The summed E-state index contributed by atoms with van der Waals surface area (Å²) in [5.74, 6) is 0. The summed E-state index contributed by atoms with van der Waals surface area (Å²) in [6.07, 6.45) is 4.15. The van der Waals surface area contributed by atoms with Gasteiger partial charge in [-0.05, 0) is 14.2 Å². The van der Waals surface area contributed by atoms with E-state index in [1.807, 2.05) is 0 Å². The Labute approximate surface area is 61.2 Å². The summed E-state index contributed by atoms with van der Waals surface area (Å²) in [5.41, 5.74) is 0. The van der Waals surface area contributed by atoms with E-state index in [2.05, 4.69) is 36.2 Å². The third-order valence-corrected chi connectivity index (χ3v) is 3.78. The van der Waals surface area contributed by atoms with Crippen LogP contribution < -0.4 is 0 Å². The van der Waals surface area contributed by atoms with Gasteiger partial charge in [0.15, 0.2) is 0 Å². The monoisotopic (exact) mass is 270 g/mol. The Morgan fingerprint density at radius 1 is 1.57 bits per heavy atom. The van der Waals surface area contributed by atoms with Gasteiger partial charge in [0.25, 0.3) is 0 Å². The summed E-state index contributed by atoms with van der Waals surface area (Å²) >= 11 is 3.62. The van der Waals surface area contributed by atoms with Gasteiger partial charge < -0.3 is 0 Å². The highest BCUT2D eigenvalue weighted by molar-refractivity contribution is 14.2. The molecule has 0 amide bonds. The minimum absolute atomic E-state index is 0.254. The SMILES string of the molecule is BrC1=CI=CC=C1. The van der Waals surface area contributed by atoms with Crippen molar-refractivity contribution in [1.29, 1.82) is 0 Å². The van der Waals surface area contributed by atoms with Crippen LogP contribution in [0.2, 0.25) is 0 Å². The van der Waals surface area contributed by atoms with Crippen LogP contribution in [0.1, 0.15) is 0 Å². The van der Waals surface area contributed by atoms with Crippen molar-refractivity contribution in [2.24, 2.45) is 0 Å². The Morgan fingerprint density at radius 3 is 2.71 bits per heavy atom. The first-order valence-corrected chi connectivity index (χ1v) is 5.15. The van der Waals surface area contributed by atoms with Gasteiger partial charge in [-0.25, -0.2) is 0 Å². The molecule has 7 heavy (non-hydrogen) atoms. The molecule has 0 aromatic rings. The molecule has 1 heterocycles. The molecule has 0 unspecified atom stereocenters. The molecular weight excluding hydrogens is 267 g/mol. The van der Waals surface area contributed by atoms with E-state index in [4.69, 9.17) is 0 Å². The largest absolute Gasteiger partial charge is 0.0926 e. The molecular formula is C5H4BrI. The van der Waals surface area contributed by atoms with Crippen molar-refractivity contribution in [2.45, 2.75) is 0 Å². The van der Waals surface area contributed by atoms with Gasteiger partial charge in [-0.2, -0.15) is 0 Å². The number of halogens is 2. The van der Waals surface area contributed by atoms with Gasteiger partial charge in [-0.1, -0.05) is 42.7 Å². The Bertz CT molecular complexity index is 144. The lowest BCUT2D eigenvalue weighted by Gasteiger charge is -1.86. The van der Waals surface area contributed by atoms with Crippen LogP contribution in [0, 0.1) is 0 Å².